The minimum Gasteiger partial charge on any atom is -0.506 e. The molecule has 7 heteroatoms. The van der Waals surface area contributed by atoms with Crippen LogP contribution >= 0.6 is 0 Å². The summed E-state index contributed by atoms with van der Waals surface area (Å²) < 4.78 is 9.92. The summed E-state index contributed by atoms with van der Waals surface area (Å²) >= 11 is 0. The Labute approximate surface area is 116 Å². The van der Waals surface area contributed by atoms with Crippen molar-refractivity contribution in [1.29, 1.82) is 0 Å². The smallest absolute Gasteiger partial charge is 0.412 e. The third kappa shape index (κ3) is 5.47. The first-order chi connectivity index (χ1) is 9.17. The first-order valence-electron chi connectivity index (χ1n) is 5.85. The molecular formula is C13H17NO6. The first kappa shape index (κ1) is 15.6. The predicted molar refractivity (Wildman–Crippen MR) is 71.1 cm³/mol. The number of phenols is 1. The number of rotatable bonds is 4. The summed E-state index contributed by atoms with van der Waals surface area (Å²) in [6.45, 7) is 4.64. The molecule has 0 saturated heterocycles. The van der Waals surface area contributed by atoms with Crippen LogP contribution < -0.4 is 10.1 Å². The number of carbonyl (C=O) groups is 2. The summed E-state index contributed by atoms with van der Waals surface area (Å²) in [5.74, 6) is -1.20. The monoisotopic (exact) mass is 283 g/mol. The van der Waals surface area contributed by atoms with E-state index in [0.717, 1.165) is 0 Å². The molecule has 0 fully saturated rings. The number of anilines is 1. The maximum Gasteiger partial charge on any atom is 0.412 e. The van der Waals surface area contributed by atoms with Crippen LogP contribution in [0, 0.1) is 0 Å². The van der Waals surface area contributed by atoms with E-state index in [0.29, 0.717) is 0 Å². The Kier molecular flexibility index (Phi) is 4.79. The highest BCUT2D eigenvalue weighted by Crippen LogP contribution is 2.28. The molecule has 0 aromatic heterocycles. The first-order valence-corrected chi connectivity index (χ1v) is 5.85. The molecule has 0 aliphatic carbocycles. The van der Waals surface area contributed by atoms with E-state index in [2.05, 4.69) is 5.32 Å². The number of hydrogen-bond donors (Lipinski definition) is 3. The molecule has 0 spiro atoms. The average molecular weight is 283 g/mol. The van der Waals surface area contributed by atoms with Crippen molar-refractivity contribution in [2.24, 2.45) is 0 Å². The van der Waals surface area contributed by atoms with Gasteiger partial charge in [-0.25, -0.2) is 9.59 Å². The second-order valence-corrected chi connectivity index (χ2v) is 4.99. The van der Waals surface area contributed by atoms with Crippen LogP contribution in [-0.4, -0.2) is 34.5 Å². The Morgan fingerprint density at radius 3 is 2.45 bits per heavy atom. The Morgan fingerprint density at radius 1 is 1.30 bits per heavy atom. The number of hydrogen-bond acceptors (Lipinski definition) is 5. The number of carboxylic acid groups (broad SMARTS) is 1. The molecule has 1 aromatic rings. The van der Waals surface area contributed by atoms with E-state index >= 15 is 0 Å². The molecule has 110 valence electrons. The van der Waals surface area contributed by atoms with Gasteiger partial charge < -0.3 is 19.7 Å². The van der Waals surface area contributed by atoms with Gasteiger partial charge in [0, 0.05) is 6.07 Å². The van der Waals surface area contributed by atoms with Crippen LogP contribution in [0.2, 0.25) is 0 Å². The van der Waals surface area contributed by atoms with Gasteiger partial charge in [0.2, 0.25) is 0 Å². The normalized spacial score (nSPS) is 10.8. The largest absolute Gasteiger partial charge is 0.506 e. The van der Waals surface area contributed by atoms with Crippen LogP contribution in [0.5, 0.6) is 11.5 Å². The van der Waals surface area contributed by atoms with E-state index in [1.807, 2.05) is 0 Å². The summed E-state index contributed by atoms with van der Waals surface area (Å²) in [5, 5.41) is 20.5. The molecular weight excluding hydrogens is 266 g/mol. The van der Waals surface area contributed by atoms with Crippen molar-refractivity contribution in [2.45, 2.75) is 26.4 Å². The fourth-order valence-electron chi connectivity index (χ4n) is 1.27. The zero-order valence-electron chi connectivity index (χ0n) is 11.5. The molecule has 1 rings (SSSR count). The van der Waals surface area contributed by atoms with Gasteiger partial charge in [-0.05, 0) is 32.9 Å². The van der Waals surface area contributed by atoms with Gasteiger partial charge in [-0.1, -0.05) is 0 Å². The molecule has 3 N–H and O–H groups in total. The quantitative estimate of drug-likeness (QED) is 0.732. The summed E-state index contributed by atoms with van der Waals surface area (Å²) in [6, 6.07) is 4.02. The molecule has 0 unspecified atom stereocenters. The maximum atomic E-state index is 11.5. The number of amides is 1. The zero-order chi connectivity index (χ0) is 15.3. The van der Waals surface area contributed by atoms with Crippen molar-refractivity contribution in [1.82, 2.24) is 0 Å². The van der Waals surface area contributed by atoms with Crippen molar-refractivity contribution in [3.05, 3.63) is 18.2 Å². The molecule has 0 aliphatic rings. The lowest BCUT2D eigenvalue weighted by atomic mass is 10.2. The number of nitrogens with one attached hydrogen (secondary N) is 1. The SMILES string of the molecule is CC(C)(C)OC(=O)Nc1ccc(OCC(=O)O)cc1O. The molecule has 0 atom stereocenters. The van der Waals surface area contributed by atoms with Crippen molar-refractivity contribution >= 4 is 17.7 Å². The molecule has 0 bridgehead atoms. The molecule has 0 radical (unpaired) electrons. The van der Waals surface area contributed by atoms with Crippen molar-refractivity contribution in [2.75, 3.05) is 11.9 Å². The molecule has 1 amide bonds. The summed E-state index contributed by atoms with van der Waals surface area (Å²) in [5.41, 5.74) is -0.508. The van der Waals surface area contributed by atoms with E-state index in [9.17, 15) is 14.7 Å². The summed E-state index contributed by atoms with van der Waals surface area (Å²) in [6.07, 6.45) is -0.702. The summed E-state index contributed by atoms with van der Waals surface area (Å²) in [7, 11) is 0. The van der Waals surface area contributed by atoms with Crippen LogP contribution in [0.15, 0.2) is 18.2 Å². The van der Waals surface area contributed by atoms with E-state index in [-0.39, 0.29) is 17.2 Å². The average Bonchev–Trinajstić information content (AvgIpc) is 2.27. The van der Waals surface area contributed by atoms with Gasteiger partial charge in [-0.15, -0.1) is 0 Å². The number of carboxylic acids is 1. The highest BCUT2D eigenvalue weighted by Gasteiger charge is 2.17. The highest BCUT2D eigenvalue weighted by atomic mass is 16.6. The van der Waals surface area contributed by atoms with E-state index in [4.69, 9.17) is 14.6 Å². The highest BCUT2D eigenvalue weighted by molar-refractivity contribution is 5.87. The second kappa shape index (κ2) is 6.14. The minimum atomic E-state index is -1.12. The van der Waals surface area contributed by atoms with Crippen LogP contribution in [-0.2, 0) is 9.53 Å². The standard InChI is InChI=1S/C13H17NO6/c1-13(2,3)20-12(18)14-9-5-4-8(6-10(9)15)19-7-11(16)17/h4-6,15H,7H2,1-3H3,(H,14,18)(H,16,17). The van der Waals surface area contributed by atoms with Gasteiger partial charge in [0.25, 0.3) is 0 Å². The minimum absolute atomic E-state index is 0.141. The van der Waals surface area contributed by atoms with Crippen LogP contribution in [0.3, 0.4) is 0 Å². The van der Waals surface area contributed by atoms with Gasteiger partial charge in [0.15, 0.2) is 6.61 Å². The summed E-state index contributed by atoms with van der Waals surface area (Å²) in [4.78, 5) is 21.9. The predicted octanol–water partition coefficient (Wildman–Crippen LogP) is 2.20. The Bertz CT molecular complexity index is 506. The molecule has 20 heavy (non-hydrogen) atoms. The second-order valence-electron chi connectivity index (χ2n) is 4.99. The van der Waals surface area contributed by atoms with Gasteiger partial charge in [-0.2, -0.15) is 0 Å². The number of carbonyl (C=O) groups excluding carboxylic acids is 1. The zero-order valence-corrected chi connectivity index (χ0v) is 11.5. The van der Waals surface area contributed by atoms with Gasteiger partial charge in [0.1, 0.15) is 17.1 Å². The molecule has 0 saturated carbocycles. The molecule has 0 heterocycles. The van der Waals surface area contributed by atoms with Gasteiger partial charge >= 0.3 is 12.1 Å². The fourth-order valence-corrected chi connectivity index (χ4v) is 1.27. The number of benzene rings is 1. The third-order valence-electron chi connectivity index (χ3n) is 1.97. The van der Waals surface area contributed by atoms with Gasteiger partial charge in [0.05, 0.1) is 5.69 Å². The van der Waals surface area contributed by atoms with Crippen LogP contribution in [0.25, 0.3) is 0 Å². The lowest BCUT2D eigenvalue weighted by Gasteiger charge is -2.20. The Morgan fingerprint density at radius 2 is 1.95 bits per heavy atom. The topological polar surface area (TPSA) is 105 Å². The van der Waals surface area contributed by atoms with Crippen LogP contribution in [0.4, 0.5) is 10.5 Å². The lowest BCUT2D eigenvalue weighted by molar-refractivity contribution is -0.139. The van der Waals surface area contributed by atoms with Crippen molar-refractivity contribution < 1.29 is 29.3 Å². The molecule has 0 aliphatic heterocycles. The van der Waals surface area contributed by atoms with Crippen molar-refractivity contribution in [3.63, 3.8) is 0 Å². The number of ether oxygens (including phenoxy) is 2. The lowest BCUT2D eigenvalue weighted by Crippen LogP contribution is -2.27. The Balaban J connectivity index is 2.68. The van der Waals surface area contributed by atoms with Gasteiger partial charge in [-0.3, -0.25) is 5.32 Å². The maximum absolute atomic E-state index is 11.5. The third-order valence-corrected chi connectivity index (χ3v) is 1.97. The Hall–Kier alpha value is -2.44. The van der Waals surface area contributed by atoms with E-state index in [1.54, 1.807) is 20.8 Å². The fraction of sp³-hybridized carbons (Fsp3) is 0.385. The van der Waals surface area contributed by atoms with E-state index < -0.39 is 24.3 Å². The molecule has 7 nitrogen and oxygen atoms in total. The molecule has 1 aromatic carbocycles. The van der Waals surface area contributed by atoms with Crippen molar-refractivity contribution in [3.8, 4) is 11.5 Å². The number of aliphatic carboxylic acids is 1. The number of aromatic hydroxyl groups is 1. The van der Waals surface area contributed by atoms with E-state index in [1.165, 1.54) is 18.2 Å². The number of phenolic OH excluding ortho intramolecular Hbond substituents is 1. The van der Waals surface area contributed by atoms with Crippen LogP contribution in [0.1, 0.15) is 20.8 Å².